The predicted octanol–water partition coefficient (Wildman–Crippen LogP) is 1.74. The van der Waals surface area contributed by atoms with Gasteiger partial charge in [0, 0.05) is 0 Å². The number of halogens is 1. The highest BCUT2D eigenvalue weighted by molar-refractivity contribution is 5.32. The maximum absolute atomic E-state index is 12.9. The Morgan fingerprint density at radius 3 is 3.08 bits per heavy atom. The summed E-state index contributed by atoms with van der Waals surface area (Å²) in [6.07, 6.45) is -0.0331. The number of hydrogen-bond acceptors (Lipinski definition) is 2. The minimum absolute atomic E-state index is 0.0331. The van der Waals surface area contributed by atoms with Gasteiger partial charge in [0.25, 0.3) is 0 Å². The summed E-state index contributed by atoms with van der Waals surface area (Å²) in [5.41, 5.74) is 7.73. The molecule has 0 bridgehead atoms. The van der Waals surface area contributed by atoms with Gasteiger partial charge in [-0.2, -0.15) is 0 Å². The SMILES string of the molecule is CC1OCc2ccc(F)cc2[C@H]1N. The Labute approximate surface area is 76.5 Å². The van der Waals surface area contributed by atoms with Crippen LogP contribution in [-0.2, 0) is 11.3 Å². The molecule has 0 aromatic heterocycles. The molecule has 2 nitrogen and oxygen atoms in total. The van der Waals surface area contributed by atoms with Gasteiger partial charge in [-0.05, 0) is 30.2 Å². The fraction of sp³-hybridized carbons (Fsp3) is 0.400. The van der Waals surface area contributed by atoms with Crippen LogP contribution in [0.5, 0.6) is 0 Å². The number of nitrogens with two attached hydrogens (primary N) is 1. The monoisotopic (exact) mass is 181 g/mol. The molecule has 2 atom stereocenters. The quantitative estimate of drug-likeness (QED) is 0.661. The van der Waals surface area contributed by atoms with Crippen molar-refractivity contribution in [1.29, 1.82) is 0 Å². The van der Waals surface area contributed by atoms with Crippen molar-refractivity contribution in [3.05, 3.63) is 35.1 Å². The van der Waals surface area contributed by atoms with Crippen LogP contribution in [0.25, 0.3) is 0 Å². The molecule has 2 N–H and O–H groups in total. The van der Waals surface area contributed by atoms with Crippen LogP contribution >= 0.6 is 0 Å². The summed E-state index contributed by atoms with van der Waals surface area (Å²) in [6.45, 7) is 2.43. The average molecular weight is 181 g/mol. The van der Waals surface area contributed by atoms with Gasteiger partial charge in [0.05, 0.1) is 18.8 Å². The average Bonchev–Trinajstić information content (AvgIpc) is 2.12. The molecule has 0 radical (unpaired) electrons. The van der Waals surface area contributed by atoms with Crippen molar-refractivity contribution in [3.8, 4) is 0 Å². The second-order valence-electron chi connectivity index (χ2n) is 3.39. The lowest BCUT2D eigenvalue weighted by atomic mass is 9.95. The van der Waals surface area contributed by atoms with Gasteiger partial charge in [-0.1, -0.05) is 6.07 Å². The van der Waals surface area contributed by atoms with E-state index in [9.17, 15) is 4.39 Å². The summed E-state index contributed by atoms with van der Waals surface area (Å²) in [5.74, 6) is -0.233. The van der Waals surface area contributed by atoms with Gasteiger partial charge >= 0.3 is 0 Å². The van der Waals surface area contributed by atoms with Crippen LogP contribution in [0.4, 0.5) is 4.39 Å². The minimum Gasteiger partial charge on any atom is -0.372 e. The second kappa shape index (κ2) is 3.09. The number of fused-ring (bicyclic) bond motifs is 1. The van der Waals surface area contributed by atoms with Crippen molar-refractivity contribution in [2.75, 3.05) is 0 Å². The van der Waals surface area contributed by atoms with E-state index in [0.29, 0.717) is 6.61 Å². The molecule has 0 spiro atoms. The van der Waals surface area contributed by atoms with Gasteiger partial charge in [0.2, 0.25) is 0 Å². The van der Waals surface area contributed by atoms with Crippen LogP contribution < -0.4 is 5.73 Å². The van der Waals surface area contributed by atoms with Crippen LogP contribution in [0.2, 0.25) is 0 Å². The van der Waals surface area contributed by atoms with E-state index >= 15 is 0 Å². The molecule has 13 heavy (non-hydrogen) atoms. The Kier molecular flexibility index (Phi) is 2.06. The van der Waals surface area contributed by atoms with E-state index in [-0.39, 0.29) is 18.0 Å². The van der Waals surface area contributed by atoms with Crippen molar-refractivity contribution >= 4 is 0 Å². The van der Waals surface area contributed by atoms with Gasteiger partial charge in [-0.15, -0.1) is 0 Å². The summed E-state index contributed by atoms with van der Waals surface area (Å²) < 4.78 is 18.3. The van der Waals surface area contributed by atoms with Crippen LogP contribution in [-0.4, -0.2) is 6.10 Å². The van der Waals surface area contributed by atoms with Gasteiger partial charge in [0.1, 0.15) is 5.82 Å². The molecule has 1 aromatic carbocycles. The molecule has 0 amide bonds. The first-order chi connectivity index (χ1) is 6.18. The van der Waals surface area contributed by atoms with E-state index < -0.39 is 0 Å². The number of rotatable bonds is 0. The number of benzene rings is 1. The van der Waals surface area contributed by atoms with Crippen molar-refractivity contribution in [1.82, 2.24) is 0 Å². The van der Waals surface area contributed by atoms with Gasteiger partial charge in [-0.3, -0.25) is 0 Å². The molecular formula is C10H12FNO. The van der Waals surface area contributed by atoms with E-state index in [1.165, 1.54) is 12.1 Å². The Hall–Kier alpha value is -0.930. The molecule has 2 rings (SSSR count). The molecule has 1 unspecified atom stereocenters. The molecule has 0 saturated carbocycles. The first-order valence-electron chi connectivity index (χ1n) is 4.34. The Balaban J connectivity index is 2.45. The third-order valence-electron chi connectivity index (χ3n) is 2.47. The van der Waals surface area contributed by atoms with Crippen LogP contribution in [0.15, 0.2) is 18.2 Å². The molecule has 70 valence electrons. The predicted molar refractivity (Wildman–Crippen MR) is 47.6 cm³/mol. The molecule has 0 fully saturated rings. The molecule has 1 aliphatic heterocycles. The lowest BCUT2D eigenvalue weighted by molar-refractivity contribution is 0.0212. The summed E-state index contributed by atoms with van der Waals surface area (Å²) in [4.78, 5) is 0. The summed E-state index contributed by atoms with van der Waals surface area (Å²) in [5, 5.41) is 0. The van der Waals surface area contributed by atoms with Gasteiger partial charge in [0.15, 0.2) is 0 Å². The standard InChI is InChI=1S/C10H12FNO/c1-6-10(12)9-4-8(11)3-2-7(9)5-13-6/h2-4,6,10H,5,12H2,1H3/t6?,10-/m0/s1. The summed E-state index contributed by atoms with van der Waals surface area (Å²) in [7, 11) is 0. The molecule has 3 heteroatoms. The molecule has 0 aliphatic carbocycles. The summed E-state index contributed by atoms with van der Waals surface area (Å²) >= 11 is 0. The van der Waals surface area contributed by atoms with E-state index in [1.807, 2.05) is 6.92 Å². The van der Waals surface area contributed by atoms with Crippen LogP contribution in [0, 0.1) is 5.82 Å². The lowest BCUT2D eigenvalue weighted by Crippen LogP contribution is -2.31. The molecule has 1 aromatic rings. The maximum atomic E-state index is 12.9. The molecular weight excluding hydrogens is 169 g/mol. The van der Waals surface area contributed by atoms with Crippen molar-refractivity contribution in [3.63, 3.8) is 0 Å². The third kappa shape index (κ3) is 1.45. The molecule has 1 aliphatic rings. The highest BCUT2D eigenvalue weighted by Gasteiger charge is 2.23. The molecule has 0 saturated heterocycles. The number of ether oxygens (including phenoxy) is 1. The molecule has 1 heterocycles. The Morgan fingerprint density at radius 2 is 2.31 bits per heavy atom. The Morgan fingerprint density at radius 1 is 1.54 bits per heavy atom. The first kappa shape index (κ1) is 8.66. The highest BCUT2D eigenvalue weighted by atomic mass is 19.1. The maximum Gasteiger partial charge on any atom is 0.123 e. The normalized spacial score (nSPS) is 27.0. The van der Waals surface area contributed by atoms with Gasteiger partial charge in [-0.25, -0.2) is 4.39 Å². The minimum atomic E-state index is -0.233. The van der Waals surface area contributed by atoms with Gasteiger partial charge < -0.3 is 10.5 Å². The fourth-order valence-electron chi connectivity index (χ4n) is 1.59. The smallest absolute Gasteiger partial charge is 0.123 e. The van der Waals surface area contributed by atoms with Crippen molar-refractivity contribution < 1.29 is 9.13 Å². The topological polar surface area (TPSA) is 35.2 Å². The number of hydrogen-bond donors (Lipinski definition) is 1. The van der Waals surface area contributed by atoms with E-state index in [4.69, 9.17) is 10.5 Å². The van der Waals surface area contributed by atoms with E-state index in [0.717, 1.165) is 11.1 Å². The zero-order valence-electron chi connectivity index (χ0n) is 7.46. The first-order valence-corrected chi connectivity index (χ1v) is 4.34. The fourth-order valence-corrected chi connectivity index (χ4v) is 1.59. The zero-order valence-corrected chi connectivity index (χ0v) is 7.46. The second-order valence-corrected chi connectivity index (χ2v) is 3.39. The van der Waals surface area contributed by atoms with E-state index in [2.05, 4.69) is 0 Å². The zero-order chi connectivity index (χ0) is 9.42. The van der Waals surface area contributed by atoms with Crippen LogP contribution in [0.1, 0.15) is 24.1 Å². The lowest BCUT2D eigenvalue weighted by Gasteiger charge is -2.28. The highest BCUT2D eigenvalue weighted by Crippen LogP contribution is 2.27. The third-order valence-corrected chi connectivity index (χ3v) is 2.47. The van der Waals surface area contributed by atoms with Crippen molar-refractivity contribution in [2.45, 2.75) is 25.7 Å². The Bertz CT molecular complexity index is 327. The van der Waals surface area contributed by atoms with E-state index in [1.54, 1.807) is 6.07 Å². The largest absolute Gasteiger partial charge is 0.372 e. The van der Waals surface area contributed by atoms with Crippen LogP contribution in [0.3, 0.4) is 0 Å². The summed E-state index contributed by atoms with van der Waals surface area (Å²) in [6, 6.07) is 4.46. The van der Waals surface area contributed by atoms with Crippen molar-refractivity contribution in [2.24, 2.45) is 5.73 Å².